The number of fused-ring (bicyclic) bond motifs is 1. The lowest BCUT2D eigenvalue weighted by atomic mass is 9.87. The number of hydrogen-bond donors (Lipinski definition) is 2. The number of benzene rings is 1. The fraction of sp³-hybridized carbons (Fsp3) is 0.562. The van der Waals surface area contributed by atoms with Gasteiger partial charge in [-0.15, -0.1) is 11.8 Å². The normalized spacial score (nSPS) is 18.4. The van der Waals surface area contributed by atoms with E-state index < -0.39 is 0 Å². The molecule has 1 amide bonds. The average molecular weight is 292 g/mol. The largest absolute Gasteiger partial charge is 0.399 e. The van der Waals surface area contributed by atoms with Gasteiger partial charge in [-0.1, -0.05) is 26.8 Å². The summed E-state index contributed by atoms with van der Waals surface area (Å²) in [5, 5.41) is 3.17. The SMILES string of the molecule is CC(C)(C)SCC(=O)NC1CCCc2cc(N)ccc21. The summed E-state index contributed by atoms with van der Waals surface area (Å²) in [6, 6.07) is 6.17. The van der Waals surface area contributed by atoms with Gasteiger partial charge in [0.25, 0.3) is 0 Å². The molecule has 0 aromatic heterocycles. The van der Waals surface area contributed by atoms with E-state index in [2.05, 4.69) is 32.2 Å². The maximum Gasteiger partial charge on any atom is 0.230 e. The molecule has 3 nitrogen and oxygen atoms in total. The summed E-state index contributed by atoms with van der Waals surface area (Å²) in [7, 11) is 0. The Kier molecular flexibility index (Phi) is 4.63. The Balaban J connectivity index is 2.00. The predicted molar refractivity (Wildman–Crippen MR) is 86.9 cm³/mol. The van der Waals surface area contributed by atoms with Gasteiger partial charge in [0.1, 0.15) is 0 Å². The molecule has 1 aliphatic carbocycles. The van der Waals surface area contributed by atoms with Crippen molar-refractivity contribution in [2.45, 2.75) is 50.8 Å². The average Bonchev–Trinajstić information content (AvgIpc) is 2.35. The zero-order valence-electron chi connectivity index (χ0n) is 12.5. The van der Waals surface area contributed by atoms with Gasteiger partial charge in [0.05, 0.1) is 11.8 Å². The van der Waals surface area contributed by atoms with E-state index in [9.17, 15) is 4.79 Å². The van der Waals surface area contributed by atoms with Crippen molar-refractivity contribution in [3.8, 4) is 0 Å². The van der Waals surface area contributed by atoms with Crippen molar-refractivity contribution in [3.05, 3.63) is 29.3 Å². The molecular formula is C16H24N2OS. The number of amides is 1. The molecule has 1 aromatic rings. The van der Waals surface area contributed by atoms with Crippen LogP contribution in [-0.4, -0.2) is 16.4 Å². The van der Waals surface area contributed by atoms with E-state index in [0.29, 0.717) is 5.75 Å². The molecular weight excluding hydrogens is 268 g/mol. The summed E-state index contributed by atoms with van der Waals surface area (Å²) in [4.78, 5) is 12.1. The van der Waals surface area contributed by atoms with Crippen LogP contribution < -0.4 is 11.1 Å². The van der Waals surface area contributed by atoms with Crippen LogP contribution in [0.15, 0.2) is 18.2 Å². The molecule has 1 atom stereocenters. The van der Waals surface area contributed by atoms with Gasteiger partial charge >= 0.3 is 0 Å². The number of aryl methyl sites for hydroxylation is 1. The summed E-state index contributed by atoms with van der Waals surface area (Å²) in [5.41, 5.74) is 9.16. The molecule has 1 unspecified atom stereocenters. The molecule has 0 heterocycles. The van der Waals surface area contributed by atoms with Gasteiger partial charge in [-0.05, 0) is 42.5 Å². The molecule has 0 saturated carbocycles. The van der Waals surface area contributed by atoms with Crippen LogP contribution in [0.1, 0.15) is 50.8 Å². The summed E-state index contributed by atoms with van der Waals surface area (Å²) in [6.07, 6.45) is 3.18. The van der Waals surface area contributed by atoms with Gasteiger partial charge in [-0.3, -0.25) is 4.79 Å². The minimum atomic E-state index is 0.121. The number of nitrogen functional groups attached to an aromatic ring is 1. The smallest absolute Gasteiger partial charge is 0.230 e. The highest BCUT2D eigenvalue weighted by Crippen LogP contribution is 2.31. The Hall–Kier alpha value is -1.16. The van der Waals surface area contributed by atoms with Crippen molar-refractivity contribution in [1.82, 2.24) is 5.32 Å². The Morgan fingerprint density at radius 1 is 1.45 bits per heavy atom. The van der Waals surface area contributed by atoms with Crippen LogP contribution >= 0.6 is 11.8 Å². The Morgan fingerprint density at radius 2 is 2.20 bits per heavy atom. The van der Waals surface area contributed by atoms with Gasteiger partial charge in [0, 0.05) is 10.4 Å². The van der Waals surface area contributed by atoms with Gasteiger partial charge in [0.15, 0.2) is 0 Å². The number of nitrogens with one attached hydrogen (secondary N) is 1. The van der Waals surface area contributed by atoms with Gasteiger partial charge in [-0.25, -0.2) is 0 Å². The summed E-state index contributed by atoms with van der Waals surface area (Å²) >= 11 is 1.68. The van der Waals surface area contributed by atoms with E-state index in [1.807, 2.05) is 12.1 Å². The number of carbonyl (C=O) groups is 1. The van der Waals surface area contributed by atoms with Crippen molar-refractivity contribution < 1.29 is 4.79 Å². The molecule has 2 rings (SSSR count). The first-order chi connectivity index (χ1) is 9.35. The Morgan fingerprint density at radius 3 is 2.90 bits per heavy atom. The second kappa shape index (κ2) is 6.08. The van der Waals surface area contributed by atoms with E-state index in [1.54, 1.807) is 11.8 Å². The topological polar surface area (TPSA) is 55.1 Å². The molecule has 0 spiro atoms. The second-order valence-electron chi connectivity index (χ2n) is 6.37. The second-order valence-corrected chi connectivity index (χ2v) is 8.17. The maximum absolute atomic E-state index is 12.1. The first-order valence-electron chi connectivity index (χ1n) is 7.17. The third kappa shape index (κ3) is 4.17. The number of thioether (sulfide) groups is 1. The zero-order chi connectivity index (χ0) is 14.8. The quantitative estimate of drug-likeness (QED) is 0.841. The van der Waals surface area contributed by atoms with Crippen molar-refractivity contribution in [3.63, 3.8) is 0 Å². The highest BCUT2D eigenvalue weighted by molar-refractivity contribution is 8.01. The van der Waals surface area contributed by atoms with E-state index in [-0.39, 0.29) is 16.7 Å². The molecule has 3 N–H and O–H groups in total. The number of rotatable bonds is 3. The molecule has 20 heavy (non-hydrogen) atoms. The lowest BCUT2D eigenvalue weighted by Crippen LogP contribution is -2.33. The van der Waals surface area contributed by atoms with Crippen molar-refractivity contribution in [2.24, 2.45) is 0 Å². The molecule has 1 aliphatic rings. The monoisotopic (exact) mass is 292 g/mol. The predicted octanol–water partition coefficient (Wildman–Crippen LogP) is 3.29. The van der Waals surface area contributed by atoms with Crippen LogP contribution in [0.3, 0.4) is 0 Å². The standard InChI is InChI=1S/C16H24N2OS/c1-16(2,3)20-10-15(19)18-14-6-4-5-11-9-12(17)7-8-13(11)14/h7-9,14H,4-6,10,17H2,1-3H3,(H,18,19). The highest BCUT2D eigenvalue weighted by Gasteiger charge is 2.22. The third-order valence-electron chi connectivity index (χ3n) is 3.45. The molecule has 0 bridgehead atoms. The Bertz CT molecular complexity index is 494. The van der Waals surface area contributed by atoms with E-state index >= 15 is 0 Å². The molecule has 0 saturated heterocycles. The fourth-order valence-corrected chi connectivity index (χ4v) is 3.15. The van der Waals surface area contributed by atoms with E-state index in [0.717, 1.165) is 24.9 Å². The van der Waals surface area contributed by atoms with Crippen LogP contribution in [0, 0.1) is 0 Å². The van der Waals surface area contributed by atoms with Gasteiger partial charge in [-0.2, -0.15) is 0 Å². The molecule has 0 fully saturated rings. The number of hydrogen-bond acceptors (Lipinski definition) is 3. The molecule has 0 radical (unpaired) electrons. The van der Waals surface area contributed by atoms with E-state index in [1.165, 1.54) is 11.1 Å². The first-order valence-corrected chi connectivity index (χ1v) is 8.15. The molecule has 110 valence electrons. The highest BCUT2D eigenvalue weighted by atomic mass is 32.2. The Labute approximate surface area is 125 Å². The van der Waals surface area contributed by atoms with Crippen LogP contribution in [0.2, 0.25) is 0 Å². The first kappa shape index (κ1) is 15.2. The van der Waals surface area contributed by atoms with Crippen LogP contribution in [0.4, 0.5) is 5.69 Å². The summed E-state index contributed by atoms with van der Waals surface area (Å²) in [6.45, 7) is 6.39. The van der Waals surface area contributed by atoms with E-state index in [4.69, 9.17) is 5.73 Å². The third-order valence-corrected chi connectivity index (χ3v) is 4.73. The van der Waals surface area contributed by atoms with Crippen molar-refractivity contribution >= 4 is 23.4 Å². The molecule has 1 aromatic carbocycles. The minimum Gasteiger partial charge on any atom is -0.399 e. The van der Waals surface area contributed by atoms with Crippen LogP contribution in [-0.2, 0) is 11.2 Å². The lowest BCUT2D eigenvalue weighted by molar-refractivity contribution is -0.119. The zero-order valence-corrected chi connectivity index (χ0v) is 13.3. The minimum absolute atomic E-state index is 0.121. The summed E-state index contributed by atoms with van der Waals surface area (Å²) < 4.78 is 0.121. The lowest BCUT2D eigenvalue weighted by Gasteiger charge is -2.27. The van der Waals surface area contributed by atoms with Crippen LogP contribution in [0.25, 0.3) is 0 Å². The fourth-order valence-electron chi connectivity index (χ4n) is 2.50. The molecule has 0 aliphatic heterocycles. The van der Waals surface area contributed by atoms with Crippen LogP contribution in [0.5, 0.6) is 0 Å². The maximum atomic E-state index is 12.1. The van der Waals surface area contributed by atoms with Crippen molar-refractivity contribution in [2.75, 3.05) is 11.5 Å². The number of anilines is 1. The number of nitrogens with two attached hydrogens (primary N) is 1. The molecule has 4 heteroatoms. The van der Waals surface area contributed by atoms with Crippen molar-refractivity contribution in [1.29, 1.82) is 0 Å². The van der Waals surface area contributed by atoms with Gasteiger partial charge < -0.3 is 11.1 Å². The van der Waals surface area contributed by atoms with Gasteiger partial charge in [0.2, 0.25) is 5.91 Å². The number of carbonyl (C=O) groups excluding carboxylic acids is 1. The summed E-state index contributed by atoms with van der Waals surface area (Å²) in [5.74, 6) is 0.643.